The predicted octanol–water partition coefficient (Wildman–Crippen LogP) is 17.0. The molecule has 13 rings (SSSR count). The van der Waals surface area contributed by atoms with Gasteiger partial charge in [0.15, 0.2) is 0 Å². The molecule has 12 aromatic rings. The minimum Gasteiger partial charge on any atom is -0.456 e. The number of fused-ring (bicyclic) bond motifs is 14. The van der Waals surface area contributed by atoms with Crippen molar-refractivity contribution >= 4 is 54.3 Å². The van der Waals surface area contributed by atoms with E-state index in [4.69, 9.17) is 4.42 Å². The lowest BCUT2D eigenvalue weighted by Crippen LogP contribution is -1.97. The van der Waals surface area contributed by atoms with Crippen LogP contribution in [0.15, 0.2) is 223 Å². The van der Waals surface area contributed by atoms with Gasteiger partial charge in [-0.25, -0.2) is 0 Å². The Balaban J connectivity index is 1.000. The number of benzene rings is 11. The monoisotopic (exact) mass is 772 g/mol. The summed E-state index contributed by atoms with van der Waals surface area (Å²) in [6.45, 7) is 0. The van der Waals surface area contributed by atoms with Crippen molar-refractivity contribution in [1.29, 1.82) is 0 Å². The predicted molar refractivity (Wildman–Crippen MR) is 258 cm³/mol. The Hall–Kier alpha value is -8.00. The van der Waals surface area contributed by atoms with Crippen LogP contribution in [0.4, 0.5) is 0 Å². The van der Waals surface area contributed by atoms with E-state index in [-0.39, 0.29) is 0 Å². The first kappa shape index (κ1) is 33.9. The zero-order valence-electron chi connectivity index (χ0n) is 33.2. The highest BCUT2D eigenvalue weighted by molar-refractivity contribution is 6.24. The quantitative estimate of drug-likeness (QED) is 0.163. The summed E-state index contributed by atoms with van der Waals surface area (Å²) in [5.74, 6) is 0. The summed E-state index contributed by atoms with van der Waals surface area (Å²) in [4.78, 5) is 0. The maximum Gasteiger partial charge on any atom is 0.135 e. The highest BCUT2D eigenvalue weighted by Crippen LogP contribution is 2.50. The molecule has 0 aliphatic heterocycles. The van der Waals surface area contributed by atoms with Gasteiger partial charge in [0.2, 0.25) is 0 Å². The molecule has 0 spiro atoms. The number of furan rings is 1. The topological polar surface area (TPSA) is 13.1 Å². The fourth-order valence-corrected chi connectivity index (χ4v) is 10.3. The molecular weight excluding hydrogens is 737 g/mol. The normalized spacial score (nSPS) is 11.9. The van der Waals surface area contributed by atoms with Gasteiger partial charge in [0.1, 0.15) is 11.2 Å². The van der Waals surface area contributed by atoms with Crippen LogP contribution in [0, 0.1) is 0 Å². The summed E-state index contributed by atoms with van der Waals surface area (Å²) in [7, 11) is 0. The van der Waals surface area contributed by atoms with E-state index in [0.717, 1.165) is 27.5 Å². The van der Waals surface area contributed by atoms with Gasteiger partial charge in [0.25, 0.3) is 0 Å². The van der Waals surface area contributed by atoms with Crippen molar-refractivity contribution in [3.05, 3.63) is 218 Å². The Kier molecular flexibility index (Phi) is 7.37. The van der Waals surface area contributed by atoms with E-state index in [0.29, 0.717) is 0 Å². The van der Waals surface area contributed by atoms with Gasteiger partial charge in [-0.05, 0) is 141 Å². The lowest BCUT2D eigenvalue weighted by atomic mass is 9.80. The minimum atomic E-state index is 0.888. The van der Waals surface area contributed by atoms with E-state index in [1.807, 2.05) is 0 Å². The molecule has 1 aliphatic carbocycles. The average Bonchev–Trinajstić information content (AvgIpc) is 3.70. The molecule has 0 saturated heterocycles. The Morgan fingerprint density at radius 3 is 1.16 bits per heavy atom. The van der Waals surface area contributed by atoms with Crippen molar-refractivity contribution in [2.45, 2.75) is 0 Å². The molecule has 0 atom stereocenters. The Morgan fingerprint density at radius 1 is 0.213 bits per heavy atom. The molecule has 0 amide bonds. The van der Waals surface area contributed by atoms with E-state index in [1.165, 1.54) is 105 Å². The lowest BCUT2D eigenvalue weighted by Gasteiger charge is -2.23. The molecule has 1 nitrogen and oxygen atoms in total. The maximum atomic E-state index is 6.57. The fraction of sp³-hybridized carbons (Fsp3) is 0. The summed E-state index contributed by atoms with van der Waals surface area (Å²) >= 11 is 0. The summed E-state index contributed by atoms with van der Waals surface area (Å²) in [5.41, 5.74) is 19.1. The van der Waals surface area contributed by atoms with E-state index < -0.39 is 0 Å². The molecule has 282 valence electrons. The first-order valence-electron chi connectivity index (χ1n) is 21.1. The van der Waals surface area contributed by atoms with Crippen LogP contribution < -0.4 is 0 Å². The highest BCUT2D eigenvalue weighted by Gasteiger charge is 2.23. The SMILES string of the molecule is c1ccc2c(c1)-c1ccccc1-c1ccc(-c3ccc4oc5ccc(-c6c7ccccc7c(-c7cccc8ccccc78)c7ccccc67)cc5c4c3)cc1-c1ccccc1-2. The second-order valence-corrected chi connectivity index (χ2v) is 16.3. The molecule has 61 heavy (non-hydrogen) atoms. The largest absolute Gasteiger partial charge is 0.456 e. The third kappa shape index (κ3) is 5.14. The van der Waals surface area contributed by atoms with Crippen LogP contribution in [0.2, 0.25) is 0 Å². The van der Waals surface area contributed by atoms with Crippen molar-refractivity contribution < 1.29 is 4.42 Å². The van der Waals surface area contributed by atoms with E-state index in [1.54, 1.807) is 0 Å². The third-order valence-corrected chi connectivity index (χ3v) is 13.0. The Bertz CT molecular complexity index is 3700. The van der Waals surface area contributed by atoms with Gasteiger partial charge in [0.05, 0.1) is 0 Å². The van der Waals surface area contributed by atoms with Crippen molar-refractivity contribution in [1.82, 2.24) is 0 Å². The Morgan fingerprint density at radius 2 is 0.590 bits per heavy atom. The summed E-state index contributed by atoms with van der Waals surface area (Å²) in [6.07, 6.45) is 0. The number of rotatable bonds is 3. The van der Waals surface area contributed by atoms with E-state index in [2.05, 4.69) is 218 Å². The van der Waals surface area contributed by atoms with Crippen molar-refractivity contribution in [2.24, 2.45) is 0 Å². The van der Waals surface area contributed by atoms with Crippen LogP contribution in [-0.2, 0) is 0 Å². The standard InChI is InChI=1S/C60H36O/c1-2-16-41-37(14-1)15-13-27-49(41)60-52-25-11-9-23-50(52)59(51-24-10-12-26-53(51)60)40-30-33-58-56(36-40)55-35-39(29-32-57(55)61-58)38-28-31-48-46-21-6-5-19-44(46)42-17-3-4-18-43(42)45-20-7-8-22-47(45)54(48)34-38/h1-36H. The van der Waals surface area contributed by atoms with Crippen LogP contribution in [0.3, 0.4) is 0 Å². The van der Waals surface area contributed by atoms with Crippen molar-refractivity contribution in [2.75, 3.05) is 0 Å². The molecule has 1 heterocycles. The number of hydrogen-bond acceptors (Lipinski definition) is 1. The molecular formula is C60H36O. The van der Waals surface area contributed by atoms with E-state index >= 15 is 0 Å². The summed E-state index contributed by atoms with van der Waals surface area (Å²) in [6, 6.07) is 80.2. The fourth-order valence-electron chi connectivity index (χ4n) is 10.3. The van der Waals surface area contributed by atoms with Gasteiger partial charge < -0.3 is 4.42 Å². The smallest absolute Gasteiger partial charge is 0.135 e. The Labute approximate surface area is 353 Å². The molecule has 1 heteroatoms. The van der Waals surface area contributed by atoms with Gasteiger partial charge in [-0.3, -0.25) is 0 Å². The first-order chi connectivity index (χ1) is 30.3. The average molecular weight is 773 g/mol. The molecule has 1 aliphatic rings. The molecule has 0 fully saturated rings. The van der Waals surface area contributed by atoms with Gasteiger partial charge in [0, 0.05) is 10.8 Å². The van der Waals surface area contributed by atoms with Crippen LogP contribution in [0.25, 0.3) is 132 Å². The molecule has 0 bridgehead atoms. The van der Waals surface area contributed by atoms with Gasteiger partial charge in [-0.1, -0.05) is 188 Å². The zero-order chi connectivity index (χ0) is 40.0. The van der Waals surface area contributed by atoms with Gasteiger partial charge in [-0.15, -0.1) is 0 Å². The lowest BCUT2D eigenvalue weighted by molar-refractivity contribution is 0.669. The minimum absolute atomic E-state index is 0.888. The summed E-state index contributed by atoms with van der Waals surface area (Å²) in [5, 5.41) is 9.71. The molecule has 11 aromatic carbocycles. The number of hydrogen-bond donors (Lipinski definition) is 0. The highest BCUT2D eigenvalue weighted by atomic mass is 16.3. The zero-order valence-corrected chi connectivity index (χ0v) is 33.2. The molecule has 1 aromatic heterocycles. The molecule has 0 saturated carbocycles. The van der Waals surface area contributed by atoms with Gasteiger partial charge in [-0.2, -0.15) is 0 Å². The summed E-state index contributed by atoms with van der Waals surface area (Å²) < 4.78 is 6.57. The third-order valence-electron chi connectivity index (χ3n) is 13.0. The van der Waals surface area contributed by atoms with Crippen molar-refractivity contribution in [3.8, 4) is 77.9 Å². The van der Waals surface area contributed by atoms with Crippen molar-refractivity contribution in [3.63, 3.8) is 0 Å². The first-order valence-corrected chi connectivity index (χ1v) is 21.1. The second kappa shape index (κ2) is 13.3. The molecule has 0 N–H and O–H groups in total. The molecule has 0 unspecified atom stereocenters. The van der Waals surface area contributed by atoms with Crippen LogP contribution in [0.5, 0.6) is 0 Å². The second-order valence-electron chi connectivity index (χ2n) is 16.3. The molecule has 0 radical (unpaired) electrons. The van der Waals surface area contributed by atoms with Crippen LogP contribution in [-0.4, -0.2) is 0 Å². The van der Waals surface area contributed by atoms with Crippen LogP contribution >= 0.6 is 0 Å². The van der Waals surface area contributed by atoms with Gasteiger partial charge >= 0.3 is 0 Å². The van der Waals surface area contributed by atoms with E-state index in [9.17, 15) is 0 Å². The maximum absolute atomic E-state index is 6.57. The van der Waals surface area contributed by atoms with Crippen LogP contribution in [0.1, 0.15) is 0 Å².